The Bertz CT molecular complexity index is 269. The van der Waals surface area contributed by atoms with E-state index in [0.29, 0.717) is 5.41 Å². The van der Waals surface area contributed by atoms with E-state index in [2.05, 4.69) is 17.6 Å². The van der Waals surface area contributed by atoms with Crippen LogP contribution < -0.4 is 16.4 Å². The smallest absolute Gasteiger partial charge is 0.318 e. The van der Waals surface area contributed by atoms with E-state index in [9.17, 15) is 9.59 Å². The second-order valence-corrected chi connectivity index (χ2v) is 4.66. The molecule has 0 bridgehead atoms. The lowest BCUT2D eigenvalue weighted by Gasteiger charge is -2.42. The molecule has 4 N–H and O–H groups in total. The maximum atomic E-state index is 11.4. The van der Waals surface area contributed by atoms with Crippen LogP contribution in [0.5, 0.6) is 0 Å². The molecule has 0 aliphatic heterocycles. The standard InChI is InChI=1S/C11H21N3O2/c1-3-11(5-4-6-11)7-13-8(2)9(15)14-10(12)16/h8,13H,3-7H2,1-2H3,(H3,12,14,15,16). The maximum absolute atomic E-state index is 11.4. The molecule has 0 aromatic carbocycles. The first kappa shape index (κ1) is 13.0. The van der Waals surface area contributed by atoms with Gasteiger partial charge in [-0.3, -0.25) is 10.1 Å². The average Bonchev–Trinajstić information content (AvgIpc) is 2.15. The SMILES string of the molecule is CCC1(CNC(C)C(=O)NC(N)=O)CCC1. The summed E-state index contributed by atoms with van der Waals surface area (Å²) in [5, 5.41) is 5.23. The lowest BCUT2D eigenvalue weighted by molar-refractivity contribution is -0.121. The molecule has 0 spiro atoms. The molecule has 0 aromatic rings. The van der Waals surface area contributed by atoms with Gasteiger partial charge in [0.15, 0.2) is 0 Å². The number of imide groups is 1. The number of nitrogens with two attached hydrogens (primary N) is 1. The monoisotopic (exact) mass is 227 g/mol. The summed E-state index contributed by atoms with van der Waals surface area (Å²) in [5.41, 5.74) is 5.24. The summed E-state index contributed by atoms with van der Waals surface area (Å²) in [6, 6.07) is -1.18. The fourth-order valence-electron chi connectivity index (χ4n) is 2.02. The topological polar surface area (TPSA) is 84.2 Å². The summed E-state index contributed by atoms with van der Waals surface area (Å²) < 4.78 is 0. The average molecular weight is 227 g/mol. The van der Waals surface area contributed by atoms with Crippen LogP contribution in [-0.2, 0) is 4.79 Å². The quantitative estimate of drug-likeness (QED) is 0.647. The van der Waals surface area contributed by atoms with Crippen LogP contribution in [0.3, 0.4) is 0 Å². The van der Waals surface area contributed by atoms with Crippen molar-refractivity contribution in [3.8, 4) is 0 Å². The lowest BCUT2D eigenvalue weighted by Crippen LogP contribution is -2.50. The van der Waals surface area contributed by atoms with Crippen molar-refractivity contribution in [3.05, 3.63) is 0 Å². The van der Waals surface area contributed by atoms with Crippen molar-refractivity contribution in [2.24, 2.45) is 11.1 Å². The molecule has 1 atom stereocenters. The summed E-state index contributed by atoms with van der Waals surface area (Å²) >= 11 is 0. The first-order valence-electron chi connectivity index (χ1n) is 5.83. The highest BCUT2D eigenvalue weighted by Gasteiger charge is 2.35. The van der Waals surface area contributed by atoms with Gasteiger partial charge in [0.2, 0.25) is 5.91 Å². The van der Waals surface area contributed by atoms with Gasteiger partial charge in [-0.1, -0.05) is 13.3 Å². The van der Waals surface area contributed by atoms with E-state index in [4.69, 9.17) is 5.73 Å². The Labute approximate surface area is 96.1 Å². The van der Waals surface area contributed by atoms with Crippen LogP contribution >= 0.6 is 0 Å². The van der Waals surface area contributed by atoms with Crippen molar-refractivity contribution in [1.29, 1.82) is 0 Å². The van der Waals surface area contributed by atoms with Gasteiger partial charge in [0, 0.05) is 6.54 Å². The minimum absolute atomic E-state index is 0.362. The fourth-order valence-corrected chi connectivity index (χ4v) is 2.02. The van der Waals surface area contributed by atoms with Crippen molar-refractivity contribution < 1.29 is 9.59 Å². The molecule has 5 nitrogen and oxygen atoms in total. The Morgan fingerprint density at radius 2 is 2.06 bits per heavy atom. The molecule has 1 rings (SSSR count). The molecule has 1 fully saturated rings. The van der Waals surface area contributed by atoms with E-state index in [0.717, 1.165) is 13.0 Å². The van der Waals surface area contributed by atoms with Crippen molar-refractivity contribution in [1.82, 2.24) is 10.6 Å². The molecule has 5 heteroatoms. The van der Waals surface area contributed by atoms with E-state index in [-0.39, 0.29) is 11.9 Å². The largest absolute Gasteiger partial charge is 0.351 e. The highest BCUT2D eigenvalue weighted by molar-refractivity contribution is 5.96. The Kier molecular flexibility index (Phi) is 4.29. The number of hydrogen-bond donors (Lipinski definition) is 3. The van der Waals surface area contributed by atoms with Gasteiger partial charge in [-0.25, -0.2) is 4.79 Å². The molecule has 92 valence electrons. The molecule has 1 aliphatic carbocycles. The number of nitrogens with one attached hydrogen (secondary N) is 2. The molecular formula is C11H21N3O2. The highest BCUT2D eigenvalue weighted by atomic mass is 16.2. The molecule has 0 heterocycles. The minimum Gasteiger partial charge on any atom is -0.351 e. The molecule has 1 aliphatic rings. The number of carbonyl (C=O) groups is 2. The van der Waals surface area contributed by atoms with Crippen LogP contribution in [-0.4, -0.2) is 24.5 Å². The zero-order chi connectivity index (χ0) is 12.2. The summed E-state index contributed by atoms with van der Waals surface area (Å²) in [6.07, 6.45) is 4.85. The summed E-state index contributed by atoms with van der Waals surface area (Å²) in [5.74, 6) is -0.363. The summed E-state index contributed by atoms with van der Waals surface area (Å²) in [6.45, 7) is 4.74. The normalized spacial score (nSPS) is 19.6. The summed E-state index contributed by atoms with van der Waals surface area (Å²) in [7, 11) is 0. The zero-order valence-corrected chi connectivity index (χ0v) is 10.0. The third-order valence-corrected chi connectivity index (χ3v) is 3.59. The molecule has 1 unspecified atom stereocenters. The van der Waals surface area contributed by atoms with E-state index < -0.39 is 6.03 Å². The van der Waals surface area contributed by atoms with Crippen LogP contribution in [0.4, 0.5) is 4.79 Å². The van der Waals surface area contributed by atoms with Gasteiger partial charge in [-0.2, -0.15) is 0 Å². The number of hydrogen-bond acceptors (Lipinski definition) is 3. The zero-order valence-electron chi connectivity index (χ0n) is 10.0. The van der Waals surface area contributed by atoms with Gasteiger partial charge in [-0.05, 0) is 31.6 Å². The second-order valence-electron chi connectivity index (χ2n) is 4.66. The highest BCUT2D eigenvalue weighted by Crippen LogP contribution is 2.43. The van der Waals surface area contributed by atoms with Gasteiger partial charge in [0.05, 0.1) is 6.04 Å². The van der Waals surface area contributed by atoms with Gasteiger partial charge >= 0.3 is 6.03 Å². The predicted octanol–water partition coefficient (Wildman–Crippen LogP) is 0.740. The second kappa shape index (κ2) is 5.30. The van der Waals surface area contributed by atoms with E-state index >= 15 is 0 Å². The minimum atomic E-state index is -0.799. The van der Waals surface area contributed by atoms with Crippen LogP contribution in [0.1, 0.15) is 39.5 Å². The van der Waals surface area contributed by atoms with Crippen LogP contribution in [0.15, 0.2) is 0 Å². The molecule has 16 heavy (non-hydrogen) atoms. The maximum Gasteiger partial charge on any atom is 0.318 e. The third-order valence-electron chi connectivity index (χ3n) is 3.59. The van der Waals surface area contributed by atoms with Gasteiger partial charge in [0.25, 0.3) is 0 Å². The Hall–Kier alpha value is -1.10. The number of amides is 3. The molecule has 0 radical (unpaired) electrons. The Morgan fingerprint density at radius 1 is 1.44 bits per heavy atom. The van der Waals surface area contributed by atoms with E-state index in [1.54, 1.807) is 6.92 Å². The first-order chi connectivity index (χ1) is 7.49. The summed E-state index contributed by atoms with van der Waals surface area (Å²) in [4.78, 5) is 21.9. The number of urea groups is 1. The van der Waals surface area contributed by atoms with Crippen molar-refractivity contribution in [2.75, 3.05) is 6.54 Å². The molecule has 0 saturated heterocycles. The van der Waals surface area contributed by atoms with Gasteiger partial charge < -0.3 is 11.1 Å². The van der Waals surface area contributed by atoms with E-state index in [1.165, 1.54) is 19.3 Å². The molecular weight excluding hydrogens is 206 g/mol. The van der Waals surface area contributed by atoms with Gasteiger partial charge in [0.1, 0.15) is 0 Å². The van der Waals surface area contributed by atoms with Crippen LogP contribution in [0, 0.1) is 5.41 Å². The Morgan fingerprint density at radius 3 is 2.44 bits per heavy atom. The van der Waals surface area contributed by atoms with Crippen molar-refractivity contribution in [2.45, 2.75) is 45.6 Å². The van der Waals surface area contributed by atoms with Crippen molar-refractivity contribution >= 4 is 11.9 Å². The van der Waals surface area contributed by atoms with E-state index in [1.807, 2.05) is 0 Å². The first-order valence-corrected chi connectivity index (χ1v) is 5.83. The Balaban J connectivity index is 2.31. The lowest BCUT2D eigenvalue weighted by atomic mass is 9.67. The third kappa shape index (κ3) is 3.20. The number of rotatable bonds is 5. The predicted molar refractivity (Wildman–Crippen MR) is 61.8 cm³/mol. The van der Waals surface area contributed by atoms with Crippen molar-refractivity contribution in [3.63, 3.8) is 0 Å². The molecule has 3 amide bonds. The van der Waals surface area contributed by atoms with Crippen LogP contribution in [0.2, 0.25) is 0 Å². The van der Waals surface area contributed by atoms with Crippen LogP contribution in [0.25, 0.3) is 0 Å². The fraction of sp³-hybridized carbons (Fsp3) is 0.818. The molecule has 0 aromatic heterocycles. The molecule has 1 saturated carbocycles. The number of carbonyl (C=O) groups excluding carboxylic acids is 2. The number of primary amides is 1. The van der Waals surface area contributed by atoms with Gasteiger partial charge in [-0.15, -0.1) is 0 Å².